The van der Waals surface area contributed by atoms with E-state index in [2.05, 4.69) is 24.5 Å². The molecule has 234 valence electrons. The lowest BCUT2D eigenvalue weighted by molar-refractivity contribution is -0.117. The van der Waals surface area contributed by atoms with Crippen LogP contribution in [-0.4, -0.2) is 22.9 Å². The van der Waals surface area contributed by atoms with Crippen molar-refractivity contribution in [2.24, 2.45) is 0 Å². The van der Waals surface area contributed by atoms with Crippen LogP contribution in [0.3, 0.4) is 0 Å². The number of hydrogen-bond donors (Lipinski definition) is 3. The van der Waals surface area contributed by atoms with Crippen molar-refractivity contribution >= 4 is 29.2 Å². The van der Waals surface area contributed by atoms with Crippen molar-refractivity contribution < 1.29 is 19.5 Å². The molecule has 41 heavy (non-hydrogen) atoms. The molecule has 0 aliphatic carbocycles. The number of carboxylic acid groups (broad SMARTS) is 1. The Morgan fingerprint density at radius 1 is 0.512 bits per heavy atom. The summed E-state index contributed by atoms with van der Waals surface area (Å²) < 4.78 is 0. The topological polar surface area (TPSA) is 95.5 Å². The molecule has 1 aromatic carbocycles. The molecule has 0 aliphatic rings. The third-order valence-corrected chi connectivity index (χ3v) is 7.83. The number of anilines is 2. The summed E-state index contributed by atoms with van der Waals surface area (Å²) in [7, 11) is 0. The number of unbranched alkanes of at least 4 members (excludes halogenated alkanes) is 20. The average molecular weight is 573 g/mol. The smallest absolute Gasteiger partial charge is 0.335 e. The van der Waals surface area contributed by atoms with E-state index in [0.717, 1.165) is 38.5 Å². The van der Waals surface area contributed by atoms with E-state index in [9.17, 15) is 19.5 Å². The Morgan fingerprint density at radius 3 is 1.22 bits per heavy atom. The Balaban J connectivity index is 2.31. The molecule has 0 radical (unpaired) electrons. The summed E-state index contributed by atoms with van der Waals surface area (Å²) in [6.45, 7) is 4.48. The Morgan fingerprint density at radius 2 is 0.854 bits per heavy atom. The molecule has 0 saturated carbocycles. The van der Waals surface area contributed by atoms with Gasteiger partial charge in [0.1, 0.15) is 0 Å². The number of hydrogen-bond acceptors (Lipinski definition) is 3. The molecular formula is C35H60N2O4. The molecule has 0 spiro atoms. The van der Waals surface area contributed by atoms with Crippen molar-refractivity contribution in [3.63, 3.8) is 0 Å². The Kier molecular flexibility index (Phi) is 22.7. The zero-order chi connectivity index (χ0) is 30.0. The van der Waals surface area contributed by atoms with Gasteiger partial charge in [0, 0.05) is 12.8 Å². The first-order chi connectivity index (χ1) is 20.0. The van der Waals surface area contributed by atoms with Crippen LogP contribution in [0.2, 0.25) is 0 Å². The van der Waals surface area contributed by atoms with Crippen LogP contribution in [-0.2, 0) is 9.59 Å². The molecule has 0 fully saturated rings. The van der Waals surface area contributed by atoms with E-state index in [1.807, 2.05) is 0 Å². The second-order valence-electron chi connectivity index (χ2n) is 11.7. The monoisotopic (exact) mass is 572 g/mol. The number of benzene rings is 1. The molecule has 3 N–H and O–H groups in total. The van der Waals surface area contributed by atoms with Gasteiger partial charge in [0.05, 0.1) is 16.9 Å². The average Bonchev–Trinajstić information content (AvgIpc) is 2.95. The van der Waals surface area contributed by atoms with Gasteiger partial charge in [-0.3, -0.25) is 9.59 Å². The summed E-state index contributed by atoms with van der Waals surface area (Å²) in [5.74, 6) is -1.32. The molecule has 2 amide bonds. The first-order valence-corrected chi connectivity index (χ1v) is 16.9. The molecular weight excluding hydrogens is 512 g/mol. The first-order valence-electron chi connectivity index (χ1n) is 16.9. The Hall–Kier alpha value is -2.37. The van der Waals surface area contributed by atoms with Crippen LogP contribution in [0.25, 0.3) is 0 Å². The summed E-state index contributed by atoms with van der Waals surface area (Å²) in [6, 6.07) is 4.46. The van der Waals surface area contributed by atoms with Gasteiger partial charge in [0.25, 0.3) is 0 Å². The fraction of sp³-hybridized carbons (Fsp3) is 0.743. The number of carbonyl (C=O) groups excluding carboxylic acids is 2. The highest BCUT2D eigenvalue weighted by Crippen LogP contribution is 2.25. The van der Waals surface area contributed by atoms with E-state index < -0.39 is 5.97 Å². The SMILES string of the molecule is CCCCCCCCCCCCCC(=O)Nc1ccc(C(=O)O)cc1NC(=O)CCCCCCCCCCCCC. The molecule has 0 aliphatic heterocycles. The van der Waals surface area contributed by atoms with Crippen molar-refractivity contribution in [1.82, 2.24) is 0 Å². The maximum atomic E-state index is 12.6. The zero-order valence-corrected chi connectivity index (χ0v) is 26.4. The van der Waals surface area contributed by atoms with E-state index >= 15 is 0 Å². The summed E-state index contributed by atoms with van der Waals surface area (Å²) in [4.78, 5) is 36.7. The molecule has 1 aromatic rings. The van der Waals surface area contributed by atoms with E-state index in [1.165, 1.54) is 115 Å². The van der Waals surface area contributed by atoms with Gasteiger partial charge in [-0.05, 0) is 31.0 Å². The lowest BCUT2D eigenvalue weighted by atomic mass is 10.0. The maximum absolute atomic E-state index is 12.6. The Bertz CT molecular complexity index is 839. The van der Waals surface area contributed by atoms with E-state index in [-0.39, 0.29) is 17.4 Å². The third-order valence-electron chi connectivity index (χ3n) is 7.83. The second kappa shape index (κ2) is 25.3. The van der Waals surface area contributed by atoms with Crippen molar-refractivity contribution in [1.29, 1.82) is 0 Å². The van der Waals surface area contributed by atoms with Crippen LogP contribution < -0.4 is 10.6 Å². The Labute approximate surface area is 250 Å². The minimum Gasteiger partial charge on any atom is -0.478 e. The van der Waals surface area contributed by atoms with Gasteiger partial charge >= 0.3 is 5.97 Å². The van der Waals surface area contributed by atoms with Crippen LogP contribution >= 0.6 is 0 Å². The van der Waals surface area contributed by atoms with Gasteiger partial charge < -0.3 is 15.7 Å². The van der Waals surface area contributed by atoms with Gasteiger partial charge in [-0.15, -0.1) is 0 Å². The van der Waals surface area contributed by atoms with Crippen LogP contribution in [0.5, 0.6) is 0 Å². The van der Waals surface area contributed by atoms with Gasteiger partial charge in [0.2, 0.25) is 11.8 Å². The number of carbonyl (C=O) groups is 3. The number of amides is 2. The van der Waals surface area contributed by atoms with Crippen LogP contribution in [0.15, 0.2) is 18.2 Å². The lowest BCUT2D eigenvalue weighted by Gasteiger charge is -2.13. The normalized spacial score (nSPS) is 11.0. The number of rotatable bonds is 27. The molecule has 6 heteroatoms. The second-order valence-corrected chi connectivity index (χ2v) is 11.7. The van der Waals surface area contributed by atoms with Gasteiger partial charge in [-0.25, -0.2) is 4.79 Å². The zero-order valence-electron chi connectivity index (χ0n) is 26.4. The quantitative estimate of drug-likeness (QED) is 0.0914. The molecule has 0 saturated heterocycles. The number of carboxylic acids is 1. The first kappa shape index (κ1) is 36.7. The molecule has 0 atom stereocenters. The molecule has 0 aromatic heterocycles. The fourth-order valence-corrected chi connectivity index (χ4v) is 5.21. The predicted octanol–water partition coefficient (Wildman–Crippen LogP) is 10.7. The maximum Gasteiger partial charge on any atom is 0.335 e. The van der Waals surface area contributed by atoms with Crippen molar-refractivity contribution in [3.05, 3.63) is 23.8 Å². The highest BCUT2D eigenvalue weighted by Gasteiger charge is 2.13. The molecule has 0 unspecified atom stereocenters. The number of nitrogens with one attached hydrogen (secondary N) is 2. The van der Waals surface area contributed by atoms with Crippen molar-refractivity contribution in [2.75, 3.05) is 10.6 Å². The molecule has 1 rings (SSSR count). The lowest BCUT2D eigenvalue weighted by Crippen LogP contribution is -2.17. The van der Waals surface area contributed by atoms with Crippen molar-refractivity contribution in [3.8, 4) is 0 Å². The fourth-order valence-electron chi connectivity index (χ4n) is 5.21. The predicted molar refractivity (Wildman–Crippen MR) is 173 cm³/mol. The van der Waals surface area contributed by atoms with Crippen LogP contribution in [0.4, 0.5) is 11.4 Å². The van der Waals surface area contributed by atoms with Crippen molar-refractivity contribution in [2.45, 2.75) is 168 Å². The van der Waals surface area contributed by atoms with Gasteiger partial charge in [-0.2, -0.15) is 0 Å². The third kappa shape index (κ3) is 20.2. The highest BCUT2D eigenvalue weighted by molar-refractivity contribution is 6.01. The van der Waals surface area contributed by atoms with E-state index in [4.69, 9.17) is 0 Å². The summed E-state index contributed by atoms with van der Waals surface area (Å²) in [6.07, 6.45) is 27.7. The minimum atomic E-state index is -1.07. The van der Waals surface area contributed by atoms with E-state index in [0.29, 0.717) is 24.2 Å². The van der Waals surface area contributed by atoms with Gasteiger partial charge in [-0.1, -0.05) is 142 Å². The summed E-state index contributed by atoms with van der Waals surface area (Å²) in [5.41, 5.74) is 0.888. The largest absolute Gasteiger partial charge is 0.478 e. The summed E-state index contributed by atoms with van der Waals surface area (Å²) >= 11 is 0. The molecule has 0 heterocycles. The molecule has 0 bridgehead atoms. The number of aromatic carboxylic acids is 1. The van der Waals surface area contributed by atoms with Gasteiger partial charge in [0.15, 0.2) is 0 Å². The van der Waals surface area contributed by atoms with Crippen LogP contribution in [0.1, 0.15) is 178 Å². The standard InChI is InChI=1S/C35H60N2O4/c1-3-5-7-9-11-13-15-17-19-21-23-25-33(38)36-31-28-27-30(35(40)41)29-32(31)37-34(39)26-24-22-20-18-16-14-12-10-8-6-4-2/h27-29H,3-26H2,1-2H3,(H,36,38)(H,37,39)(H,40,41). The molecule has 6 nitrogen and oxygen atoms in total. The summed E-state index contributed by atoms with van der Waals surface area (Å²) in [5, 5.41) is 15.1. The highest BCUT2D eigenvalue weighted by atomic mass is 16.4. The van der Waals surface area contributed by atoms with E-state index in [1.54, 1.807) is 6.07 Å². The van der Waals surface area contributed by atoms with Crippen LogP contribution in [0, 0.1) is 0 Å². The minimum absolute atomic E-state index is 0.0818.